The van der Waals surface area contributed by atoms with E-state index in [1.165, 1.54) is 6.92 Å². The number of hydrogen-bond acceptors (Lipinski definition) is 5. The van der Waals surface area contributed by atoms with Crippen LogP contribution in [0.2, 0.25) is 0 Å². The first-order valence-corrected chi connectivity index (χ1v) is 7.30. The Bertz CT molecular complexity index is 597. The largest absolute Gasteiger partial charge is 0.355 e. The molecule has 0 aromatic heterocycles. The van der Waals surface area contributed by atoms with Crippen molar-refractivity contribution in [3.63, 3.8) is 0 Å². The fraction of sp³-hybridized carbons (Fsp3) is 0.364. The first-order valence-electron chi connectivity index (χ1n) is 5.82. The number of nitrogens with one attached hydrogen (secondary N) is 2. The normalized spacial score (nSPS) is 12.7. The molecule has 110 valence electrons. The molecule has 0 unspecified atom stereocenters. The molecule has 1 atom stereocenters. The molecule has 20 heavy (non-hydrogen) atoms. The maximum absolute atomic E-state index is 12.0. The highest BCUT2D eigenvalue weighted by Crippen LogP contribution is 2.15. The SMILES string of the molecule is CCNC(=O)[C@@H](C)NS(=O)(=O)c1ccc([N+](=O)[O-])cc1. The molecule has 0 radical (unpaired) electrons. The highest BCUT2D eigenvalue weighted by molar-refractivity contribution is 7.89. The van der Waals surface area contributed by atoms with Crippen LogP contribution in [0.5, 0.6) is 0 Å². The molecular weight excluding hydrogens is 286 g/mol. The van der Waals surface area contributed by atoms with Crippen LogP contribution in [0.4, 0.5) is 5.69 Å². The fourth-order valence-electron chi connectivity index (χ4n) is 1.43. The molecule has 1 aromatic carbocycles. The number of nitro groups is 1. The smallest absolute Gasteiger partial charge is 0.269 e. The van der Waals surface area contributed by atoms with Crippen LogP contribution in [-0.2, 0) is 14.8 Å². The third-order valence-corrected chi connectivity index (χ3v) is 3.99. The van der Waals surface area contributed by atoms with Crippen molar-refractivity contribution >= 4 is 21.6 Å². The van der Waals surface area contributed by atoms with Gasteiger partial charge in [0.25, 0.3) is 5.69 Å². The number of carbonyl (C=O) groups excluding carboxylic acids is 1. The van der Waals surface area contributed by atoms with Gasteiger partial charge < -0.3 is 5.32 Å². The Labute approximate surface area is 116 Å². The molecule has 0 fully saturated rings. The van der Waals surface area contributed by atoms with Crippen molar-refractivity contribution < 1.29 is 18.1 Å². The van der Waals surface area contributed by atoms with E-state index in [1.807, 2.05) is 0 Å². The standard InChI is InChI=1S/C11H15N3O5S/c1-3-12-11(15)8(2)13-20(18,19)10-6-4-9(5-7-10)14(16)17/h4-8,13H,3H2,1-2H3,(H,12,15)/t8-/m1/s1. The fourth-order valence-corrected chi connectivity index (χ4v) is 2.63. The second-order valence-electron chi connectivity index (χ2n) is 3.99. The minimum Gasteiger partial charge on any atom is -0.355 e. The van der Waals surface area contributed by atoms with E-state index in [0.717, 1.165) is 24.3 Å². The molecule has 0 saturated heterocycles. The third-order valence-electron chi connectivity index (χ3n) is 2.43. The van der Waals surface area contributed by atoms with Crippen molar-refractivity contribution in [1.29, 1.82) is 0 Å². The van der Waals surface area contributed by atoms with E-state index in [1.54, 1.807) is 6.92 Å². The number of nitrogens with zero attached hydrogens (tertiary/aromatic N) is 1. The lowest BCUT2D eigenvalue weighted by Crippen LogP contribution is -2.44. The number of carbonyl (C=O) groups is 1. The van der Waals surface area contributed by atoms with Gasteiger partial charge in [0, 0.05) is 18.7 Å². The summed E-state index contributed by atoms with van der Waals surface area (Å²) in [6.45, 7) is 3.52. The van der Waals surface area contributed by atoms with Crippen molar-refractivity contribution in [2.24, 2.45) is 0 Å². The van der Waals surface area contributed by atoms with Gasteiger partial charge in [0.2, 0.25) is 15.9 Å². The van der Waals surface area contributed by atoms with E-state index in [-0.39, 0.29) is 10.6 Å². The maximum atomic E-state index is 12.0. The Morgan fingerprint density at radius 2 is 1.90 bits per heavy atom. The zero-order chi connectivity index (χ0) is 15.3. The molecule has 0 aliphatic carbocycles. The number of amides is 1. The first kappa shape index (κ1) is 16.1. The molecule has 8 nitrogen and oxygen atoms in total. The Morgan fingerprint density at radius 3 is 2.35 bits per heavy atom. The molecule has 0 heterocycles. The van der Waals surface area contributed by atoms with Crippen LogP contribution in [0.3, 0.4) is 0 Å². The number of nitro benzene ring substituents is 1. The van der Waals surface area contributed by atoms with E-state index in [9.17, 15) is 23.3 Å². The van der Waals surface area contributed by atoms with Gasteiger partial charge in [-0.1, -0.05) is 0 Å². The van der Waals surface area contributed by atoms with E-state index in [4.69, 9.17) is 0 Å². The molecule has 0 spiro atoms. The maximum Gasteiger partial charge on any atom is 0.269 e. The minimum atomic E-state index is -3.90. The second-order valence-corrected chi connectivity index (χ2v) is 5.70. The number of hydrogen-bond donors (Lipinski definition) is 2. The molecule has 9 heteroatoms. The van der Waals surface area contributed by atoms with Crippen LogP contribution in [0.15, 0.2) is 29.2 Å². The highest BCUT2D eigenvalue weighted by atomic mass is 32.2. The van der Waals surface area contributed by atoms with Gasteiger partial charge >= 0.3 is 0 Å². The van der Waals surface area contributed by atoms with Gasteiger partial charge in [-0.2, -0.15) is 4.72 Å². The van der Waals surface area contributed by atoms with Gasteiger partial charge in [0.05, 0.1) is 15.9 Å². The van der Waals surface area contributed by atoms with Crippen molar-refractivity contribution in [2.75, 3.05) is 6.54 Å². The quantitative estimate of drug-likeness (QED) is 0.582. The van der Waals surface area contributed by atoms with Crippen LogP contribution in [0.25, 0.3) is 0 Å². The third kappa shape index (κ3) is 4.00. The average molecular weight is 301 g/mol. The number of benzene rings is 1. The van der Waals surface area contributed by atoms with Gasteiger partial charge in [-0.15, -0.1) is 0 Å². The predicted octanol–water partition coefficient (Wildman–Crippen LogP) is 0.398. The summed E-state index contributed by atoms with van der Waals surface area (Å²) in [7, 11) is -3.90. The molecular formula is C11H15N3O5S. The summed E-state index contributed by atoms with van der Waals surface area (Å²) in [4.78, 5) is 21.2. The monoisotopic (exact) mass is 301 g/mol. The molecule has 0 saturated carbocycles. The average Bonchev–Trinajstić information content (AvgIpc) is 2.38. The van der Waals surface area contributed by atoms with Crippen LogP contribution >= 0.6 is 0 Å². The van der Waals surface area contributed by atoms with Crippen molar-refractivity contribution in [2.45, 2.75) is 24.8 Å². The van der Waals surface area contributed by atoms with Crippen LogP contribution in [0, 0.1) is 10.1 Å². The molecule has 2 N–H and O–H groups in total. The lowest BCUT2D eigenvalue weighted by molar-refractivity contribution is -0.384. The van der Waals surface area contributed by atoms with Crippen molar-refractivity contribution in [1.82, 2.24) is 10.0 Å². The summed E-state index contributed by atoms with van der Waals surface area (Å²) in [5.41, 5.74) is -0.208. The van der Waals surface area contributed by atoms with Gasteiger partial charge in [-0.3, -0.25) is 14.9 Å². The molecule has 1 aromatic rings. The van der Waals surface area contributed by atoms with Gasteiger partial charge in [-0.25, -0.2) is 8.42 Å². The van der Waals surface area contributed by atoms with E-state index in [2.05, 4.69) is 10.0 Å². The Hall–Kier alpha value is -2.00. The molecule has 1 amide bonds. The van der Waals surface area contributed by atoms with Gasteiger partial charge in [0.1, 0.15) is 0 Å². The zero-order valence-electron chi connectivity index (χ0n) is 11.0. The highest BCUT2D eigenvalue weighted by Gasteiger charge is 2.22. The minimum absolute atomic E-state index is 0.140. The summed E-state index contributed by atoms with van der Waals surface area (Å²) in [5, 5.41) is 13.0. The first-order chi connectivity index (χ1) is 9.27. The van der Waals surface area contributed by atoms with Crippen LogP contribution in [-0.4, -0.2) is 31.8 Å². The Balaban J connectivity index is 2.88. The summed E-state index contributed by atoms with van der Waals surface area (Å²) < 4.78 is 26.1. The molecule has 0 aliphatic rings. The van der Waals surface area contributed by atoms with Gasteiger partial charge in [0.15, 0.2) is 0 Å². The summed E-state index contributed by atoms with van der Waals surface area (Å²) in [6, 6.07) is 3.47. The van der Waals surface area contributed by atoms with Crippen molar-refractivity contribution in [3.05, 3.63) is 34.4 Å². The van der Waals surface area contributed by atoms with Crippen molar-refractivity contribution in [3.8, 4) is 0 Å². The molecule has 0 aliphatic heterocycles. The lowest BCUT2D eigenvalue weighted by atomic mass is 10.3. The molecule has 1 rings (SSSR count). The van der Waals surface area contributed by atoms with Crippen LogP contribution in [0.1, 0.15) is 13.8 Å². The number of likely N-dealkylation sites (N-methyl/N-ethyl adjacent to an activating group) is 1. The Kier molecular flexibility index (Phi) is 5.17. The lowest BCUT2D eigenvalue weighted by Gasteiger charge is -2.13. The number of sulfonamides is 1. The van der Waals surface area contributed by atoms with E-state index < -0.39 is 26.9 Å². The number of rotatable bonds is 6. The predicted molar refractivity (Wildman–Crippen MR) is 71.6 cm³/mol. The summed E-state index contributed by atoms with van der Waals surface area (Å²) in [5.74, 6) is -0.446. The summed E-state index contributed by atoms with van der Waals surface area (Å²) in [6.07, 6.45) is 0. The topological polar surface area (TPSA) is 118 Å². The summed E-state index contributed by atoms with van der Waals surface area (Å²) >= 11 is 0. The second kappa shape index (κ2) is 6.44. The van der Waals surface area contributed by atoms with E-state index in [0.29, 0.717) is 6.54 Å². The molecule has 0 bridgehead atoms. The van der Waals surface area contributed by atoms with Crippen LogP contribution < -0.4 is 10.0 Å². The number of non-ortho nitro benzene ring substituents is 1. The van der Waals surface area contributed by atoms with Gasteiger partial charge in [-0.05, 0) is 26.0 Å². The zero-order valence-corrected chi connectivity index (χ0v) is 11.8. The Morgan fingerprint density at radius 1 is 1.35 bits per heavy atom. The van der Waals surface area contributed by atoms with E-state index >= 15 is 0 Å².